The molecule has 3 N–H and O–H groups in total. The molecule has 0 spiro atoms. The van der Waals surface area contributed by atoms with Crippen molar-refractivity contribution in [3.63, 3.8) is 0 Å². The zero-order chi connectivity index (χ0) is 18.9. The van der Waals surface area contributed by atoms with Crippen LogP contribution in [-0.4, -0.2) is 15.3 Å². The molecule has 27 heavy (non-hydrogen) atoms. The zero-order valence-electron chi connectivity index (χ0n) is 15.2. The highest BCUT2D eigenvalue weighted by Crippen LogP contribution is 2.54. The van der Waals surface area contributed by atoms with Crippen LogP contribution in [-0.2, 0) is 5.41 Å². The van der Waals surface area contributed by atoms with Gasteiger partial charge in [-0.2, -0.15) is 0 Å². The number of phenolic OH excluding ortho intramolecular Hbond substituents is 3. The van der Waals surface area contributed by atoms with Gasteiger partial charge in [0.1, 0.15) is 17.2 Å². The molecule has 3 aromatic rings. The molecule has 3 aromatic carbocycles. The van der Waals surface area contributed by atoms with Crippen molar-refractivity contribution in [3.8, 4) is 17.2 Å². The second kappa shape index (κ2) is 6.99. The molecule has 3 nitrogen and oxygen atoms in total. The molecular formula is C24H24O3. The van der Waals surface area contributed by atoms with Crippen molar-refractivity contribution < 1.29 is 15.3 Å². The van der Waals surface area contributed by atoms with Crippen LogP contribution in [0.3, 0.4) is 0 Å². The largest absolute Gasteiger partial charge is 0.508 e. The van der Waals surface area contributed by atoms with Crippen molar-refractivity contribution >= 4 is 0 Å². The van der Waals surface area contributed by atoms with E-state index in [0.717, 1.165) is 42.4 Å². The Morgan fingerprint density at radius 3 is 1.74 bits per heavy atom. The SMILES string of the molecule is Oc1ccccc1C1CCCC(c2ccccc2O)(c2ccccc2O)C1. The third-order valence-corrected chi connectivity index (χ3v) is 5.97. The van der Waals surface area contributed by atoms with Crippen LogP contribution in [0.4, 0.5) is 0 Å². The van der Waals surface area contributed by atoms with Crippen LogP contribution in [0, 0.1) is 0 Å². The van der Waals surface area contributed by atoms with Gasteiger partial charge in [-0.25, -0.2) is 0 Å². The predicted octanol–water partition coefficient (Wildman–Crippen LogP) is 5.45. The molecule has 0 heterocycles. The molecule has 1 aliphatic rings. The van der Waals surface area contributed by atoms with Gasteiger partial charge in [0.05, 0.1) is 0 Å². The van der Waals surface area contributed by atoms with E-state index in [1.54, 1.807) is 18.2 Å². The lowest BCUT2D eigenvalue weighted by atomic mass is 9.61. The number of para-hydroxylation sites is 3. The first-order valence-corrected chi connectivity index (χ1v) is 9.47. The molecule has 0 aromatic heterocycles. The first kappa shape index (κ1) is 17.5. The van der Waals surface area contributed by atoms with E-state index in [4.69, 9.17) is 0 Å². The lowest BCUT2D eigenvalue weighted by Crippen LogP contribution is -2.33. The summed E-state index contributed by atoms with van der Waals surface area (Å²) in [6.07, 6.45) is 3.48. The number of rotatable bonds is 3. The fourth-order valence-electron chi connectivity index (χ4n) is 4.76. The van der Waals surface area contributed by atoms with Gasteiger partial charge in [0.25, 0.3) is 0 Å². The molecule has 1 unspecified atom stereocenters. The molecule has 0 radical (unpaired) electrons. The van der Waals surface area contributed by atoms with Crippen molar-refractivity contribution in [1.82, 2.24) is 0 Å². The van der Waals surface area contributed by atoms with Crippen molar-refractivity contribution in [2.45, 2.75) is 37.0 Å². The zero-order valence-corrected chi connectivity index (χ0v) is 15.2. The van der Waals surface area contributed by atoms with Gasteiger partial charge in [0.15, 0.2) is 0 Å². The van der Waals surface area contributed by atoms with Gasteiger partial charge in [-0.1, -0.05) is 61.0 Å². The van der Waals surface area contributed by atoms with E-state index in [-0.39, 0.29) is 17.4 Å². The molecule has 0 saturated heterocycles. The number of hydrogen-bond donors (Lipinski definition) is 3. The average Bonchev–Trinajstić information content (AvgIpc) is 2.69. The van der Waals surface area contributed by atoms with E-state index in [2.05, 4.69) is 0 Å². The summed E-state index contributed by atoms with van der Waals surface area (Å²) >= 11 is 0. The van der Waals surface area contributed by atoms with Crippen LogP contribution in [0.2, 0.25) is 0 Å². The van der Waals surface area contributed by atoms with Crippen LogP contribution in [0.1, 0.15) is 48.3 Å². The Kier molecular flexibility index (Phi) is 4.53. The quantitative estimate of drug-likeness (QED) is 0.582. The fraction of sp³-hybridized carbons (Fsp3) is 0.250. The Morgan fingerprint density at radius 2 is 1.19 bits per heavy atom. The van der Waals surface area contributed by atoms with Crippen LogP contribution in [0.5, 0.6) is 17.2 Å². The van der Waals surface area contributed by atoms with Gasteiger partial charge in [-0.3, -0.25) is 0 Å². The molecule has 0 aliphatic heterocycles. The van der Waals surface area contributed by atoms with E-state index in [0.29, 0.717) is 5.75 Å². The molecule has 1 fully saturated rings. The monoisotopic (exact) mass is 360 g/mol. The summed E-state index contributed by atoms with van der Waals surface area (Å²) in [5, 5.41) is 31.7. The minimum Gasteiger partial charge on any atom is -0.508 e. The third kappa shape index (κ3) is 3.03. The Labute approximate surface area is 159 Å². The Bertz CT molecular complexity index is 902. The summed E-state index contributed by atoms with van der Waals surface area (Å²) in [6, 6.07) is 22.3. The molecule has 0 bridgehead atoms. The topological polar surface area (TPSA) is 60.7 Å². The van der Waals surface area contributed by atoms with Gasteiger partial charge < -0.3 is 15.3 Å². The first-order chi connectivity index (χ1) is 13.1. The highest BCUT2D eigenvalue weighted by atomic mass is 16.3. The molecule has 3 heteroatoms. The summed E-state index contributed by atoms with van der Waals surface area (Å²) in [5.74, 6) is 0.962. The summed E-state index contributed by atoms with van der Waals surface area (Å²) in [5.41, 5.74) is 2.12. The van der Waals surface area contributed by atoms with E-state index >= 15 is 0 Å². The smallest absolute Gasteiger partial charge is 0.119 e. The van der Waals surface area contributed by atoms with Crippen molar-refractivity contribution in [3.05, 3.63) is 89.5 Å². The van der Waals surface area contributed by atoms with Gasteiger partial charge in [0.2, 0.25) is 0 Å². The minimum atomic E-state index is -0.498. The van der Waals surface area contributed by atoms with E-state index in [1.165, 1.54) is 0 Å². The average molecular weight is 360 g/mol. The second-order valence-corrected chi connectivity index (χ2v) is 7.47. The predicted molar refractivity (Wildman–Crippen MR) is 106 cm³/mol. The summed E-state index contributed by atoms with van der Waals surface area (Å²) in [4.78, 5) is 0. The van der Waals surface area contributed by atoms with Crippen LogP contribution < -0.4 is 0 Å². The number of aromatic hydroxyl groups is 3. The summed E-state index contributed by atoms with van der Waals surface area (Å²) in [7, 11) is 0. The number of benzene rings is 3. The highest BCUT2D eigenvalue weighted by molar-refractivity contribution is 5.52. The number of phenols is 3. The van der Waals surface area contributed by atoms with E-state index < -0.39 is 5.41 Å². The maximum atomic E-state index is 10.7. The normalized spacial score (nSPS) is 18.9. The molecule has 0 amide bonds. The van der Waals surface area contributed by atoms with Crippen LogP contribution in [0.25, 0.3) is 0 Å². The standard InChI is InChI=1S/C24H24O3/c25-21-12-4-1-9-18(21)17-8-7-15-24(16-17,19-10-2-5-13-22(19)26)20-11-3-6-14-23(20)27/h1-6,9-14,17,25-27H,7-8,15-16H2. The molecule has 1 saturated carbocycles. The Morgan fingerprint density at radius 1 is 0.667 bits per heavy atom. The molecule has 1 aliphatic carbocycles. The number of hydrogen-bond acceptors (Lipinski definition) is 3. The molecular weight excluding hydrogens is 336 g/mol. The Hall–Kier alpha value is -2.94. The molecule has 1 atom stereocenters. The van der Waals surface area contributed by atoms with Crippen molar-refractivity contribution in [2.24, 2.45) is 0 Å². The van der Waals surface area contributed by atoms with E-state index in [1.807, 2.05) is 54.6 Å². The van der Waals surface area contributed by atoms with Crippen LogP contribution in [0.15, 0.2) is 72.8 Å². The van der Waals surface area contributed by atoms with Crippen molar-refractivity contribution in [1.29, 1.82) is 0 Å². The maximum absolute atomic E-state index is 10.7. The van der Waals surface area contributed by atoms with Gasteiger partial charge >= 0.3 is 0 Å². The maximum Gasteiger partial charge on any atom is 0.119 e. The van der Waals surface area contributed by atoms with Gasteiger partial charge in [-0.15, -0.1) is 0 Å². The Balaban J connectivity index is 1.88. The molecule has 4 rings (SSSR count). The van der Waals surface area contributed by atoms with Crippen LogP contribution >= 0.6 is 0 Å². The summed E-state index contributed by atoms with van der Waals surface area (Å²) < 4.78 is 0. The highest BCUT2D eigenvalue weighted by Gasteiger charge is 2.43. The second-order valence-electron chi connectivity index (χ2n) is 7.47. The van der Waals surface area contributed by atoms with Gasteiger partial charge in [-0.05, 0) is 48.9 Å². The molecule has 138 valence electrons. The third-order valence-electron chi connectivity index (χ3n) is 5.97. The first-order valence-electron chi connectivity index (χ1n) is 9.47. The van der Waals surface area contributed by atoms with Crippen molar-refractivity contribution in [2.75, 3.05) is 0 Å². The lowest BCUT2D eigenvalue weighted by molar-refractivity contribution is 0.289. The minimum absolute atomic E-state index is 0.152. The van der Waals surface area contributed by atoms with E-state index in [9.17, 15) is 15.3 Å². The van der Waals surface area contributed by atoms with Gasteiger partial charge in [0, 0.05) is 16.5 Å². The lowest BCUT2D eigenvalue weighted by Gasteiger charge is -2.42. The summed E-state index contributed by atoms with van der Waals surface area (Å²) in [6.45, 7) is 0. The fourth-order valence-corrected chi connectivity index (χ4v) is 4.76.